The molecule has 0 amide bonds. The average Bonchev–Trinajstić information content (AvgIpc) is 2.54. The highest BCUT2D eigenvalue weighted by Crippen LogP contribution is 2.29. The summed E-state index contributed by atoms with van der Waals surface area (Å²) in [5.74, 6) is -0.338. The van der Waals surface area contributed by atoms with Crippen LogP contribution >= 0.6 is 0 Å². The Balaban J connectivity index is 2.33. The van der Waals surface area contributed by atoms with E-state index in [9.17, 15) is 18.3 Å². The smallest absolute Gasteiger partial charge is 0.335 e. The summed E-state index contributed by atoms with van der Waals surface area (Å²) in [6.07, 6.45) is 0.811. The maximum atomic E-state index is 11.7. The molecule has 7 nitrogen and oxygen atoms in total. The highest BCUT2D eigenvalue weighted by Gasteiger charge is 2.13. The monoisotopic (exact) mass is 380 g/mol. The second-order valence-electron chi connectivity index (χ2n) is 5.73. The van der Waals surface area contributed by atoms with Crippen LogP contribution < -0.4 is 9.47 Å². The molecule has 1 atom stereocenters. The maximum absolute atomic E-state index is 11.7. The number of sulfone groups is 1. The summed E-state index contributed by atoms with van der Waals surface area (Å²) in [6, 6.07) is 10.2. The normalized spacial score (nSPS) is 12.4. The lowest BCUT2D eigenvalue weighted by Gasteiger charge is -2.15. The Labute approximate surface area is 152 Å². The van der Waals surface area contributed by atoms with Crippen molar-refractivity contribution in [2.24, 2.45) is 0 Å². The van der Waals surface area contributed by atoms with Crippen molar-refractivity contribution in [2.45, 2.75) is 17.9 Å². The van der Waals surface area contributed by atoms with Crippen molar-refractivity contribution < 1.29 is 32.5 Å². The molecule has 2 aromatic rings. The van der Waals surface area contributed by atoms with E-state index in [-0.39, 0.29) is 28.1 Å². The van der Waals surface area contributed by atoms with E-state index in [1.807, 2.05) is 0 Å². The lowest BCUT2D eigenvalue weighted by atomic mass is 10.2. The van der Waals surface area contributed by atoms with Crippen LogP contribution in [0.25, 0.3) is 0 Å². The molecule has 0 aliphatic rings. The number of hydrogen-bond acceptors (Lipinski definition) is 6. The Bertz CT molecular complexity index is 890. The first kappa shape index (κ1) is 19.7. The van der Waals surface area contributed by atoms with Gasteiger partial charge < -0.3 is 19.3 Å². The molecular weight excluding hydrogens is 360 g/mol. The zero-order valence-electron chi connectivity index (χ0n) is 14.6. The second-order valence-corrected chi connectivity index (χ2v) is 7.75. The Hall–Kier alpha value is -2.58. The summed E-state index contributed by atoms with van der Waals surface area (Å²) >= 11 is 0. The van der Waals surface area contributed by atoms with Crippen LogP contribution in [0.4, 0.5) is 0 Å². The molecule has 0 bridgehead atoms. The minimum Gasteiger partial charge on any atom is -0.488 e. The van der Waals surface area contributed by atoms with Crippen molar-refractivity contribution in [3.05, 3.63) is 48.0 Å². The van der Waals surface area contributed by atoms with Crippen LogP contribution in [0.15, 0.2) is 47.4 Å². The van der Waals surface area contributed by atoms with Crippen LogP contribution in [0.2, 0.25) is 0 Å². The Morgan fingerprint density at radius 3 is 2.42 bits per heavy atom. The van der Waals surface area contributed by atoms with E-state index in [1.165, 1.54) is 37.4 Å². The van der Waals surface area contributed by atoms with E-state index in [1.54, 1.807) is 19.1 Å². The number of ether oxygens (including phenoxy) is 3. The van der Waals surface area contributed by atoms with Gasteiger partial charge in [0.1, 0.15) is 23.4 Å². The predicted octanol–water partition coefficient (Wildman–Crippen LogP) is 2.99. The molecule has 8 heteroatoms. The fourth-order valence-corrected chi connectivity index (χ4v) is 2.88. The van der Waals surface area contributed by atoms with Crippen LogP contribution in [-0.4, -0.2) is 45.6 Å². The van der Waals surface area contributed by atoms with Gasteiger partial charge in [0, 0.05) is 19.4 Å². The van der Waals surface area contributed by atoms with Gasteiger partial charge in [0.15, 0.2) is 9.84 Å². The van der Waals surface area contributed by atoms with Gasteiger partial charge in [-0.1, -0.05) is 6.07 Å². The topological polar surface area (TPSA) is 99.1 Å². The summed E-state index contributed by atoms with van der Waals surface area (Å²) in [5, 5.41) is 9.27. The molecular formula is C18H20O7S. The molecule has 0 saturated carbocycles. The van der Waals surface area contributed by atoms with Gasteiger partial charge in [-0.05, 0) is 37.3 Å². The lowest BCUT2D eigenvalue weighted by molar-refractivity contribution is 0.0693. The van der Waals surface area contributed by atoms with Crippen LogP contribution in [0.5, 0.6) is 17.2 Å². The van der Waals surface area contributed by atoms with E-state index in [2.05, 4.69) is 0 Å². The molecule has 1 N–H and O–H groups in total. The van der Waals surface area contributed by atoms with Crippen molar-refractivity contribution >= 4 is 15.8 Å². The van der Waals surface area contributed by atoms with E-state index >= 15 is 0 Å². The van der Waals surface area contributed by atoms with Crippen molar-refractivity contribution in [3.63, 3.8) is 0 Å². The molecule has 2 aromatic carbocycles. The van der Waals surface area contributed by atoms with Crippen LogP contribution in [0.1, 0.15) is 17.3 Å². The summed E-state index contributed by atoms with van der Waals surface area (Å²) in [4.78, 5) is 11.4. The summed E-state index contributed by atoms with van der Waals surface area (Å²) in [7, 11) is -1.84. The van der Waals surface area contributed by atoms with Gasteiger partial charge in [0.25, 0.3) is 0 Å². The van der Waals surface area contributed by atoms with E-state index < -0.39 is 15.8 Å². The number of hydrogen-bond donors (Lipinski definition) is 1. The molecule has 0 fully saturated rings. The molecule has 140 valence electrons. The Morgan fingerprint density at radius 2 is 1.81 bits per heavy atom. The number of aromatic carboxylic acids is 1. The zero-order valence-corrected chi connectivity index (χ0v) is 15.4. The third kappa shape index (κ3) is 5.47. The third-order valence-corrected chi connectivity index (χ3v) is 4.45. The minimum atomic E-state index is -3.38. The summed E-state index contributed by atoms with van der Waals surface area (Å²) in [5.41, 5.74) is -0.0126. The van der Waals surface area contributed by atoms with E-state index in [0.717, 1.165) is 6.26 Å². The number of carboxylic acids is 1. The number of benzene rings is 2. The van der Waals surface area contributed by atoms with Gasteiger partial charge in [-0.25, -0.2) is 13.2 Å². The van der Waals surface area contributed by atoms with Crippen LogP contribution in [0.3, 0.4) is 0 Å². The van der Waals surface area contributed by atoms with Gasteiger partial charge in [-0.3, -0.25) is 0 Å². The first-order valence-corrected chi connectivity index (χ1v) is 9.60. The summed E-state index contributed by atoms with van der Waals surface area (Å²) < 4.78 is 39.6. The van der Waals surface area contributed by atoms with Gasteiger partial charge >= 0.3 is 5.97 Å². The van der Waals surface area contributed by atoms with E-state index in [0.29, 0.717) is 12.4 Å². The molecule has 1 unspecified atom stereocenters. The minimum absolute atomic E-state index is 0.0126. The lowest BCUT2D eigenvalue weighted by Crippen LogP contribution is -2.18. The SMILES string of the molecule is COCC(C)Oc1cc(Oc2cccc(S(C)(=O)=O)c2)cc(C(=O)O)c1. The Kier molecular flexibility index (Phi) is 6.23. The molecule has 0 aromatic heterocycles. The van der Waals surface area contributed by atoms with Crippen molar-refractivity contribution in [2.75, 3.05) is 20.0 Å². The standard InChI is InChI=1S/C18H20O7S/c1-12(11-23-2)24-15-7-13(18(19)20)8-16(9-15)25-14-5-4-6-17(10-14)26(3,21)22/h4-10,12H,11H2,1-3H3,(H,19,20). The number of carboxylic acid groups (broad SMARTS) is 1. The Morgan fingerprint density at radius 1 is 1.12 bits per heavy atom. The molecule has 0 aliphatic heterocycles. The van der Waals surface area contributed by atoms with Crippen molar-refractivity contribution in [3.8, 4) is 17.2 Å². The van der Waals surface area contributed by atoms with E-state index in [4.69, 9.17) is 14.2 Å². The highest BCUT2D eigenvalue weighted by atomic mass is 32.2. The largest absolute Gasteiger partial charge is 0.488 e. The quantitative estimate of drug-likeness (QED) is 0.751. The fraction of sp³-hybridized carbons (Fsp3) is 0.278. The fourth-order valence-electron chi connectivity index (χ4n) is 2.23. The van der Waals surface area contributed by atoms with Gasteiger partial charge in [-0.15, -0.1) is 0 Å². The zero-order chi connectivity index (χ0) is 19.3. The molecule has 0 radical (unpaired) electrons. The van der Waals surface area contributed by atoms with Crippen molar-refractivity contribution in [1.82, 2.24) is 0 Å². The number of rotatable bonds is 8. The summed E-state index contributed by atoms with van der Waals surface area (Å²) in [6.45, 7) is 2.12. The second kappa shape index (κ2) is 8.20. The third-order valence-electron chi connectivity index (χ3n) is 3.33. The van der Waals surface area contributed by atoms with Gasteiger partial charge in [0.05, 0.1) is 17.1 Å². The van der Waals surface area contributed by atoms with Crippen LogP contribution in [-0.2, 0) is 14.6 Å². The molecule has 26 heavy (non-hydrogen) atoms. The van der Waals surface area contributed by atoms with Crippen molar-refractivity contribution in [1.29, 1.82) is 0 Å². The molecule has 0 heterocycles. The average molecular weight is 380 g/mol. The van der Waals surface area contributed by atoms with Gasteiger partial charge in [0.2, 0.25) is 0 Å². The molecule has 2 rings (SSSR count). The predicted molar refractivity (Wildman–Crippen MR) is 95.0 cm³/mol. The highest BCUT2D eigenvalue weighted by molar-refractivity contribution is 7.90. The first-order valence-electron chi connectivity index (χ1n) is 7.71. The number of methoxy groups -OCH3 is 1. The maximum Gasteiger partial charge on any atom is 0.335 e. The van der Waals surface area contributed by atoms with Crippen LogP contribution in [0, 0.1) is 0 Å². The van der Waals surface area contributed by atoms with Gasteiger partial charge in [-0.2, -0.15) is 0 Å². The molecule has 0 saturated heterocycles. The number of carbonyl (C=O) groups is 1. The first-order chi connectivity index (χ1) is 12.2. The molecule has 0 spiro atoms. The molecule has 0 aliphatic carbocycles.